The van der Waals surface area contributed by atoms with Crippen LogP contribution in [0.25, 0.3) is 10.4 Å². The summed E-state index contributed by atoms with van der Waals surface area (Å²) in [5, 5.41) is 3.37. The highest BCUT2D eigenvalue weighted by atomic mass is 16.6. The fourth-order valence-corrected chi connectivity index (χ4v) is 2.60. The first-order valence-corrected chi connectivity index (χ1v) is 13.8. The van der Waals surface area contributed by atoms with E-state index in [-0.39, 0.29) is 0 Å². The third kappa shape index (κ3) is 36.9. The molecule has 0 saturated carbocycles. The molecule has 39 heavy (non-hydrogen) atoms. The third-order valence-corrected chi connectivity index (χ3v) is 4.47. The Morgan fingerprint density at radius 1 is 0.359 bits per heavy atom. The molecule has 0 spiro atoms. The second-order valence-corrected chi connectivity index (χ2v) is 7.69. The van der Waals surface area contributed by atoms with Crippen molar-refractivity contribution >= 4 is 0 Å². The predicted octanol–water partition coefficient (Wildman–Crippen LogP) is 1.89. The van der Waals surface area contributed by atoms with Crippen LogP contribution in [0.5, 0.6) is 0 Å². The molecule has 0 aromatic carbocycles. The molecule has 0 aliphatic heterocycles. The second-order valence-electron chi connectivity index (χ2n) is 7.69. The largest absolute Gasteiger partial charge is 0.379 e. The van der Waals surface area contributed by atoms with E-state index in [2.05, 4.69) is 16.9 Å². The summed E-state index contributed by atoms with van der Waals surface area (Å²) in [4.78, 5) is 2.64. The monoisotopic (exact) mass is 569 g/mol. The molecule has 0 aromatic rings. The molecule has 0 unspecified atom stereocenters. The standard InChI is InChI=1S/C25H51N3O11/c1-2-4-29-6-8-31-10-12-33-14-16-35-18-20-37-22-24-39-25-23-38-21-19-36-17-15-34-13-11-32-9-7-30-5-3-27-28-26/h2-25H2,1H3. The maximum absolute atomic E-state index is 8.12. The highest BCUT2D eigenvalue weighted by molar-refractivity contribution is 4.44. The maximum Gasteiger partial charge on any atom is 0.0701 e. The van der Waals surface area contributed by atoms with E-state index in [0.29, 0.717) is 145 Å². The van der Waals surface area contributed by atoms with Crippen LogP contribution < -0.4 is 0 Å². The van der Waals surface area contributed by atoms with Gasteiger partial charge in [-0.25, -0.2) is 0 Å². The highest BCUT2D eigenvalue weighted by Crippen LogP contribution is 1.87. The molecule has 0 fully saturated rings. The Morgan fingerprint density at radius 2 is 0.564 bits per heavy atom. The topological polar surface area (TPSA) is 150 Å². The molecule has 0 bridgehead atoms. The lowest BCUT2D eigenvalue weighted by molar-refractivity contribution is -0.0274. The SMILES string of the molecule is CCCOCCOCCOCCOCCOCCOCCOCCOCCOCCOCCOCCN=[N+]=[N-]. The quantitative estimate of drug-likeness (QED) is 0.0476. The zero-order chi connectivity index (χ0) is 28.2. The van der Waals surface area contributed by atoms with Gasteiger partial charge < -0.3 is 52.1 Å². The van der Waals surface area contributed by atoms with Crippen LogP contribution in [0.3, 0.4) is 0 Å². The van der Waals surface area contributed by atoms with E-state index >= 15 is 0 Å². The van der Waals surface area contributed by atoms with E-state index < -0.39 is 0 Å². The minimum atomic E-state index is 0.330. The van der Waals surface area contributed by atoms with Crippen LogP contribution in [0.1, 0.15) is 13.3 Å². The zero-order valence-corrected chi connectivity index (χ0v) is 23.8. The molecule has 0 saturated heterocycles. The Hall–Kier alpha value is -1.13. The first kappa shape index (κ1) is 37.9. The fraction of sp³-hybridized carbons (Fsp3) is 1.00. The molecular formula is C25H51N3O11. The van der Waals surface area contributed by atoms with Crippen LogP contribution in [0.4, 0.5) is 0 Å². The van der Waals surface area contributed by atoms with Gasteiger partial charge in [-0.05, 0) is 12.0 Å². The summed E-state index contributed by atoms with van der Waals surface area (Å²) in [7, 11) is 0. The summed E-state index contributed by atoms with van der Waals surface area (Å²) in [6.07, 6.45) is 1.02. The minimum absolute atomic E-state index is 0.330. The molecule has 0 aromatic heterocycles. The number of hydrogen-bond donors (Lipinski definition) is 0. The first-order chi connectivity index (χ1) is 19.4. The molecule has 0 radical (unpaired) electrons. The molecule has 14 heteroatoms. The highest BCUT2D eigenvalue weighted by Gasteiger charge is 1.96. The van der Waals surface area contributed by atoms with E-state index in [1.165, 1.54) is 0 Å². The molecule has 0 rings (SSSR count). The van der Waals surface area contributed by atoms with Gasteiger partial charge in [0, 0.05) is 18.1 Å². The van der Waals surface area contributed by atoms with Gasteiger partial charge in [0.1, 0.15) is 0 Å². The van der Waals surface area contributed by atoms with Crippen molar-refractivity contribution in [3.63, 3.8) is 0 Å². The van der Waals surface area contributed by atoms with Crippen molar-refractivity contribution in [1.29, 1.82) is 0 Å². The Labute approximate surface area is 233 Å². The van der Waals surface area contributed by atoms with Crippen LogP contribution in [0.2, 0.25) is 0 Å². The van der Waals surface area contributed by atoms with Crippen molar-refractivity contribution < 1.29 is 52.1 Å². The van der Waals surface area contributed by atoms with E-state index in [1.54, 1.807) is 0 Å². The van der Waals surface area contributed by atoms with Crippen LogP contribution in [-0.4, -0.2) is 152 Å². The van der Waals surface area contributed by atoms with Crippen LogP contribution in [0.15, 0.2) is 5.11 Å². The number of nitrogens with zero attached hydrogens (tertiary/aromatic N) is 3. The molecule has 0 amide bonds. The Bertz CT molecular complexity index is 504. The fourth-order valence-electron chi connectivity index (χ4n) is 2.60. The summed E-state index contributed by atoms with van der Waals surface area (Å²) in [6.45, 7) is 14.0. The number of hydrogen-bond acceptors (Lipinski definition) is 12. The summed E-state index contributed by atoms with van der Waals surface area (Å²) >= 11 is 0. The smallest absolute Gasteiger partial charge is 0.0701 e. The van der Waals surface area contributed by atoms with Crippen LogP contribution in [0, 0.1) is 0 Å². The van der Waals surface area contributed by atoms with E-state index in [9.17, 15) is 0 Å². The molecular weight excluding hydrogens is 518 g/mol. The summed E-state index contributed by atoms with van der Waals surface area (Å²) in [6, 6.07) is 0. The normalized spacial score (nSPS) is 11.2. The second kappa shape index (κ2) is 36.9. The molecule has 0 aliphatic rings. The van der Waals surface area contributed by atoms with Gasteiger partial charge in [-0.3, -0.25) is 0 Å². The number of rotatable bonds is 35. The molecule has 0 N–H and O–H groups in total. The average molecular weight is 570 g/mol. The van der Waals surface area contributed by atoms with E-state index in [0.717, 1.165) is 13.0 Å². The van der Waals surface area contributed by atoms with Crippen molar-refractivity contribution in [2.45, 2.75) is 13.3 Å². The zero-order valence-electron chi connectivity index (χ0n) is 23.8. The van der Waals surface area contributed by atoms with E-state index in [1.807, 2.05) is 0 Å². The molecule has 0 atom stereocenters. The first-order valence-electron chi connectivity index (χ1n) is 13.8. The lowest BCUT2D eigenvalue weighted by Crippen LogP contribution is -2.15. The van der Waals surface area contributed by atoms with Gasteiger partial charge in [0.25, 0.3) is 0 Å². The van der Waals surface area contributed by atoms with Gasteiger partial charge in [-0.2, -0.15) is 0 Å². The molecule has 0 aliphatic carbocycles. The summed E-state index contributed by atoms with van der Waals surface area (Å²) < 4.78 is 59.3. The lowest BCUT2D eigenvalue weighted by atomic mass is 10.5. The summed E-state index contributed by atoms with van der Waals surface area (Å²) in [5.41, 5.74) is 8.12. The molecule has 0 heterocycles. The number of ether oxygens (including phenoxy) is 11. The van der Waals surface area contributed by atoms with Gasteiger partial charge >= 0.3 is 0 Å². The van der Waals surface area contributed by atoms with Gasteiger partial charge in [0.05, 0.1) is 139 Å². The third-order valence-electron chi connectivity index (χ3n) is 4.47. The predicted molar refractivity (Wildman–Crippen MR) is 143 cm³/mol. The van der Waals surface area contributed by atoms with Crippen molar-refractivity contribution in [3.05, 3.63) is 10.4 Å². The average Bonchev–Trinajstić information content (AvgIpc) is 2.95. The van der Waals surface area contributed by atoms with Crippen LogP contribution in [-0.2, 0) is 52.1 Å². The minimum Gasteiger partial charge on any atom is -0.379 e. The van der Waals surface area contributed by atoms with Crippen LogP contribution >= 0.6 is 0 Å². The molecule has 14 nitrogen and oxygen atoms in total. The van der Waals surface area contributed by atoms with Gasteiger partial charge in [0.15, 0.2) is 0 Å². The number of azide groups is 1. The van der Waals surface area contributed by atoms with Crippen molar-refractivity contribution in [3.8, 4) is 0 Å². The van der Waals surface area contributed by atoms with Crippen molar-refractivity contribution in [2.24, 2.45) is 5.11 Å². The van der Waals surface area contributed by atoms with E-state index in [4.69, 9.17) is 57.6 Å². The molecule has 232 valence electrons. The van der Waals surface area contributed by atoms with Gasteiger partial charge in [-0.15, -0.1) is 0 Å². The van der Waals surface area contributed by atoms with Gasteiger partial charge in [0.2, 0.25) is 0 Å². The Balaban J connectivity index is 3.02. The lowest BCUT2D eigenvalue weighted by Gasteiger charge is -2.09. The van der Waals surface area contributed by atoms with Gasteiger partial charge in [-0.1, -0.05) is 12.0 Å². The Kier molecular flexibility index (Phi) is 35.8. The maximum atomic E-state index is 8.12. The Morgan fingerprint density at radius 3 is 0.769 bits per heavy atom. The van der Waals surface area contributed by atoms with Crippen molar-refractivity contribution in [2.75, 3.05) is 152 Å². The van der Waals surface area contributed by atoms with Crippen molar-refractivity contribution in [1.82, 2.24) is 0 Å². The summed E-state index contributed by atoms with van der Waals surface area (Å²) in [5.74, 6) is 0.